The van der Waals surface area contributed by atoms with Crippen LogP contribution in [-0.4, -0.2) is 30.0 Å². The number of hydrogen-bond donors (Lipinski definition) is 1. The Kier molecular flexibility index (Phi) is 3.35. The molecule has 0 saturated carbocycles. The number of aromatic amines is 1. The molecular formula is C11H18N2O2S. The first-order valence-electron chi connectivity index (χ1n) is 5.76. The Labute approximate surface area is 96.7 Å². The Bertz CT molecular complexity index is 450. The third-order valence-corrected chi connectivity index (χ3v) is 4.94. The third-order valence-electron chi connectivity index (χ3n) is 3.04. The van der Waals surface area contributed by atoms with Gasteiger partial charge >= 0.3 is 0 Å². The molecule has 0 aromatic carbocycles. The maximum absolute atomic E-state index is 12.0. The number of hydrogen-bond acceptors (Lipinski definition) is 2. The fraction of sp³-hybridized carbons (Fsp3) is 0.636. The van der Waals surface area contributed by atoms with Gasteiger partial charge in [-0.15, -0.1) is 0 Å². The van der Waals surface area contributed by atoms with Gasteiger partial charge in [0.25, 0.3) is 0 Å². The standard InChI is InChI=1S/C11H18N2O2S/c1-2-3-8-16(14,15)13-7-5-11-10(9-13)4-6-12-11/h4,6,12H,2-3,5,7-9H2,1H3. The van der Waals surface area contributed by atoms with E-state index in [2.05, 4.69) is 4.98 Å². The summed E-state index contributed by atoms with van der Waals surface area (Å²) in [4.78, 5) is 3.15. The minimum atomic E-state index is -3.05. The molecule has 1 N–H and O–H groups in total. The molecular weight excluding hydrogens is 224 g/mol. The molecule has 1 aliphatic heterocycles. The van der Waals surface area contributed by atoms with E-state index in [1.54, 1.807) is 4.31 Å². The smallest absolute Gasteiger partial charge is 0.214 e. The Balaban J connectivity index is 2.08. The van der Waals surface area contributed by atoms with Crippen molar-refractivity contribution in [2.45, 2.75) is 32.7 Å². The fourth-order valence-corrected chi connectivity index (χ4v) is 3.63. The van der Waals surface area contributed by atoms with Gasteiger partial charge in [-0.25, -0.2) is 8.42 Å². The van der Waals surface area contributed by atoms with E-state index in [4.69, 9.17) is 0 Å². The first-order valence-corrected chi connectivity index (χ1v) is 7.37. The average molecular weight is 242 g/mol. The van der Waals surface area contributed by atoms with Crippen LogP contribution < -0.4 is 0 Å². The summed E-state index contributed by atoms with van der Waals surface area (Å²) in [5.74, 6) is 0.281. The van der Waals surface area contributed by atoms with Crippen LogP contribution >= 0.6 is 0 Å². The van der Waals surface area contributed by atoms with Gasteiger partial charge in [0.2, 0.25) is 10.0 Å². The van der Waals surface area contributed by atoms with Gasteiger partial charge in [-0.1, -0.05) is 13.3 Å². The number of rotatable bonds is 4. The number of sulfonamides is 1. The first kappa shape index (κ1) is 11.7. The second-order valence-electron chi connectivity index (χ2n) is 4.23. The Morgan fingerprint density at radius 3 is 3.06 bits per heavy atom. The highest BCUT2D eigenvalue weighted by Crippen LogP contribution is 2.20. The Hall–Kier alpha value is -0.810. The van der Waals surface area contributed by atoms with Crippen molar-refractivity contribution < 1.29 is 8.42 Å². The van der Waals surface area contributed by atoms with Gasteiger partial charge in [-0.2, -0.15) is 4.31 Å². The van der Waals surface area contributed by atoms with Gasteiger partial charge in [0.15, 0.2) is 0 Å². The van der Waals surface area contributed by atoms with Crippen molar-refractivity contribution in [3.05, 3.63) is 23.5 Å². The molecule has 4 nitrogen and oxygen atoms in total. The second-order valence-corrected chi connectivity index (χ2v) is 6.32. The zero-order valence-corrected chi connectivity index (χ0v) is 10.4. The van der Waals surface area contributed by atoms with E-state index >= 15 is 0 Å². The summed E-state index contributed by atoms with van der Waals surface area (Å²) in [7, 11) is -3.05. The molecule has 5 heteroatoms. The van der Waals surface area contributed by atoms with Crippen molar-refractivity contribution in [3.8, 4) is 0 Å². The number of H-pyrrole nitrogens is 1. The zero-order valence-electron chi connectivity index (χ0n) is 9.57. The van der Waals surface area contributed by atoms with Crippen LogP contribution in [0.5, 0.6) is 0 Å². The molecule has 1 aliphatic rings. The molecule has 90 valence electrons. The lowest BCUT2D eigenvalue weighted by Crippen LogP contribution is -2.37. The molecule has 0 saturated heterocycles. The third kappa shape index (κ3) is 2.30. The van der Waals surface area contributed by atoms with Crippen molar-refractivity contribution in [2.75, 3.05) is 12.3 Å². The molecule has 0 bridgehead atoms. The second kappa shape index (κ2) is 4.59. The van der Waals surface area contributed by atoms with Crippen LogP contribution in [0.3, 0.4) is 0 Å². The summed E-state index contributed by atoms with van der Waals surface area (Å²) in [6.07, 6.45) is 4.35. The first-order chi connectivity index (χ1) is 7.63. The summed E-state index contributed by atoms with van der Waals surface area (Å²) in [6, 6.07) is 1.97. The van der Waals surface area contributed by atoms with Crippen molar-refractivity contribution in [3.63, 3.8) is 0 Å². The maximum atomic E-state index is 12.0. The van der Waals surface area contributed by atoms with Crippen molar-refractivity contribution >= 4 is 10.0 Å². The Morgan fingerprint density at radius 1 is 1.50 bits per heavy atom. The normalized spacial score (nSPS) is 17.3. The van der Waals surface area contributed by atoms with Gasteiger partial charge in [0.05, 0.1) is 5.75 Å². The van der Waals surface area contributed by atoms with E-state index in [9.17, 15) is 8.42 Å². The van der Waals surface area contributed by atoms with E-state index in [0.29, 0.717) is 13.1 Å². The lowest BCUT2D eigenvalue weighted by Gasteiger charge is -2.26. The van der Waals surface area contributed by atoms with Gasteiger partial charge in [-0.3, -0.25) is 0 Å². The Morgan fingerprint density at radius 2 is 2.31 bits per heavy atom. The predicted molar refractivity (Wildman–Crippen MR) is 63.6 cm³/mol. The van der Waals surface area contributed by atoms with E-state index in [1.807, 2.05) is 19.2 Å². The van der Waals surface area contributed by atoms with Crippen LogP contribution in [0.1, 0.15) is 31.0 Å². The van der Waals surface area contributed by atoms with Crippen LogP contribution in [0.15, 0.2) is 12.3 Å². The highest BCUT2D eigenvalue weighted by atomic mass is 32.2. The van der Waals surface area contributed by atoms with Crippen LogP contribution in [0.4, 0.5) is 0 Å². The summed E-state index contributed by atoms with van der Waals surface area (Å²) >= 11 is 0. The lowest BCUT2D eigenvalue weighted by atomic mass is 10.1. The average Bonchev–Trinajstić information content (AvgIpc) is 2.73. The maximum Gasteiger partial charge on any atom is 0.214 e. The monoisotopic (exact) mass is 242 g/mol. The molecule has 2 rings (SSSR count). The predicted octanol–water partition coefficient (Wildman–Crippen LogP) is 1.50. The molecule has 2 heterocycles. The summed E-state index contributed by atoms with van der Waals surface area (Å²) < 4.78 is 25.6. The molecule has 1 aromatic rings. The highest BCUT2D eigenvalue weighted by Gasteiger charge is 2.26. The SMILES string of the molecule is CCCCS(=O)(=O)N1CCc2[nH]ccc2C1. The van der Waals surface area contributed by atoms with Crippen LogP contribution in [0.25, 0.3) is 0 Å². The number of nitrogens with zero attached hydrogens (tertiary/aromatic N) is 1. The quantitative estimate of drug-likeness (QED) is 0.870. The van der Waals surface area contributed by atoms with Crippen molar-refractivity contribution in [1.82, 2.24) is 9.29 Å². The minimum Gasteiger partial charge on any atom is -0.365 e. The number of fused-ring (bicyclic) bond motifs is 1. The van der Waals surface area contributed by atoms with Crippen molar-refractivity contribution in [2.24, 2.45) is 0 Å². The summed E-state index contributed by atoms with van der Waals surface area (Å²) in [5, 5.41) is 0. The number of aromatic nitrogens is 1. The molecule has 0 amide bonds. The van der Waals surface area contributed by atoms with Crippen molar-refractivity contribution in [1.29, 1.82) is 0 Å². The topological polar surface area (TPSA) is 53.2 Å². The zero-order chi connectivity index (χ0) is 11.6. The molecule has 0 atom stereocenters. The molecule has 0 fully saturated rings. The van der Waals surface area contributed by atoms with E-state index in [0.717, 1.165) is 24.8 Å². The van der Waals surface area contributed by atoms with E-state index in [-0.39, 0.29) is 5.75 Å². The molecule has 0 aliphatic carbocycles. The van der Waals surface area contributed by atoms with E-state index < -0.39 is 10.0 Å². The highest BCUT2D eigenvalue weighted by molar-refractivity contribution is 7.89. The molecule has 0 unspecified atom stereocenters. The van der Waals surface area contributed by atoms with Gasteiger partial charge in [0, 0.05) is 31.4 Å². The molecule has 0 spiro atoms. The van der Waals surface area contributed by atoms with Gasteiger partial charge < -0.3 is 4.98 Å². The van der Waals surface area contributed by atoms with Crippen LogP contribution in [0, 0.1) is 0 Å². The fourth-order valence-electron chi connectivity index (χ4n) is 2.02. The molecule has 16 heavy (non-hydrogen) atoms. The van der Waals surface area contributed by atoms with Gasteiger partial charge in [-0.05, 0) is 18.1 Å². The number of unbranched alkanes of at least 4 members (excludes halogenated alkanes) is 1. The summed E-state index contributed by atoms with van der Waals surface area (Å²) in [5.41, 5.74) is 2.30. The summed E-state index contributed by atoms with van der Waals surface area (Å²) in [6.45, 7) is 3.15. The minimum absolute atomic E-state index is 0.281. The van der Waals surface area contributed by atoms with Crippen LogP contribution in [-0.2, 0) is 23.0 Å². The van der Waals surface area contributed by atoms with Crippen LogP contribution in [0.2, 0.25) is 0 Å². The molecule has 0 radical (unpaired) electrons. The van der Waals surface area contributed by atoms with E-state index in [1.165, 1.54) is 5.69 Å². The number of nitrogens with one attached hydrogen (secondary N) is 1. The molecule has 1 aromatic heterocycles. The van der Waals surface area contributed by atoms with Gasteiger partial charge in [0.1, 0.15) is 0 Å². The lowest BCUT2D eigenvalue weighted by molar-refractivity contribution is 0.389. The largest absolute Gasteiger partial charge is 0.365 e.